The average molecular weight is 375 g/mol. The van der Waals surface area contributed by atoms with Gasteiger partial charge in [-0.1, -0.05) is 0 Å². The molecule has 0 saturated carbocycles. The molecule has 10 heteroatoms. The van der Waals surface area contributed by atoms with Crippen molar-refractivity contribution in [3.63, 3.8) is 0 Å². The molecule has 0 bridgehead atoms. The number of anilines is 2. The van der Waals surface area contributed by atoms with Crippen molar-refractivity contribution in [1.29, 1.82) is 0 Å². The van der Waals surface area contributed by atoms with Crippen LogP contribution >= 0.6 is 22.7 Å². The van der Waals surface area contributed by atoms with E-state index in [-0.39, 0.29) is 23.8 Å². The van der Waals surface area contributed by atoms with Crippen molar-refractivity contribution in [3.05, 3.63) is 56.9 Å². The highest BCUT2D eigenvalue weighted by atomic mass is 32.1. The zero-order valence-corrected chi connectivity index (χ0v) is 14.4. The number of aryl methyl sites for hydroxylation is 1. The van der Waals surface area contributed by atoms with Crippen LogP contribution in [0.1, 0.15) is 22.5 Å². The van der Waals surface area contributed by atoms with Gasteiger partial charge in [-0.05, 0) is 12.5 Å². The lowest BCUT2D eigenvalue weighted by atomic mass is 10.2. The lowest BCUT2D eigenvalue weighted by Gasteiger charge is -2.01. The molecule has 0 atom stereocenters. The minimum atomic E-state index is -0.362. The van der Waals surface area contributed by atoms with Crippen LogP contribution in [0.5, 0.6) is 0 Å². The Morgan fingerprint density at radius 2 is 2.04 bits per heavy atom. The number of aromatic nitrogens is 3. The van der Waals surface area contributed by atoms with Crippen molar-refractivity contribution in [2.75, 3.05) is 10.6 Å². The Labute approximate surface area is 150 Å². The van der Waals surface area contributed by atoms with Crippen LogP contribution in [0, 0.1) is 0 Å². The monoisotopic (exact) mass is 375 g/mol. The van der Waals surface area contributed by atoms with Crippen molar-refractivity contribution in [3.8, 4) is 0 Å². The number of aromatic amines is 1. The van der Waals surface area contributed by atoms with E-state index >= 15 is 0 Å². The Hall–Kier alpha value is -2.85. The summed E-state index contributed by atoms with van der Waals surface area (Å²) in [5, 5.41) is 9.94. The molecule has 0 spiro atoms. The maximum atomic E-state index is 12.0. The summed E-state index contributed by atoms with van der Waals surface area (Å²) in [5.41, 5.74) is 0.777. The number of nitrogens with one attached hydrogen (secondary N) is 3. The summed E-state index contributed by atoms with van der Waals surface area (Å²) >= 11 is 2.63. The largest absolute Gasteiger partial charge is 0.328 e. The van der Waals surface area contributed by atoms with Crippen LogP contribution in [0.2, 0.25) is 0 Å². The van der Waals surface area contributed by atoms with Gasteiger partial charge in [0.1, 0.15) is 0 Å². The molecule has 0 saturated heterocycles. The second-order valence-corrected chi connectivity index (χ2v) is 6.68. The van der Waals surface area contributed by atoms with Crippen LogP contribution in [0.25, 0.3) is 0 Å². The quantitative estimate of drug-likeness (QED) is 0.610. The predicted octanol–water partition coefficient (Wildman–Crippen LogP) is 2.11. The van der Waals surface area contributed by atoms with Crippen LogP contribution in [-0.2, 0) is 11.2 Å². The van der Waals surface area contributed by atoms with Crippen LogP contribution < -0.4 is 16.2 Å². The number of carbonyl (C=O) groups excluding carboxylic acids is 2. The first-order valence-electron chi connectivity index (χ1n) is 7.24. The SMILES string of the molecule is O=C(CCc1csc(NC(=O)c2ccc(=O)[nH]c2)n1)Nc1nccs1. The number of hydrogen-bond acceptors (Lipinski definition) is 7. The van der Waals surface area contributed by atoms with Gasteiger partial charge in [0.25, 0.3) is 5.91 Å². The first kappa shape index (κ1) is 17.0. The van der Waals surface area contributed by atoms with Gasteiger partial charge in [-0.25, -0.2) is 9.97 Å². The number of amides is 2. The fraction of sp³-hybridized carbons (Fsp3) is 0.133. The Kier molecular flexibility index (Phi) is 5.31. The molecule has 0 aromatic carbocycles. The molecule has 3 heterocycles. The molecular formula is C15H13N5O3S2. The molecule has 3 aromatic heterocycles. The smallest absolute Gasteiger partial charge is 0.258 e. The summed E-state index contributed by atoms with van der Waals surface area (Å²) in [4.78, 5) is 45.6. The lowest BCUT2D eigenvalue weighted by molar-refractivity contribution is -0.116. The van der Waals surface area contributed by atoms with Crippen molar-refractivity contribution in [2.45, 2.75) is 12.8 Å². The molecule has 0 aliphatic carbocycles. The molecule has 128 valence electrons. The maximum absolute atomic E-state index is 12.0. The Balaban J connectivity index is 1.51. The maximum Gasteiger partial charge on any atom is 0.258 e. The molecule has 25 heavy (non-hydrogen) atoms. The number of H-pyrrole nitrogens is 1. The number of nitrogens with zero attached hydrogens (tertiary/aromatic N) is 2. The van der Waals surface area contributed by atoms with Crippen molar-refractivity contribution in [2.24, 2.45) is 0 Å². The summed E-state index contributed by atoms with van der Waals surface area (Å²) in [6.45, 7) is 0. The summed E-state index contributed by atoms with van der Waals surface area (Å²) in [6.07, 6.45) is 3.70. The zero-order valence-electron chi connectivity index (χ0n) is 12.8. The van der Waals surface area contributed by atoms with E-state index in [1.807, 2.05) is 0 Å². The molecule has 2 amide bonds. The first-order chi connectivity index (χ1) is 12.1. The van der Waals surface area contributed by atoms with Gasteiger partial charge >= 0.3 is 0 Å². The van der Waals surface area contributed by atoms with E-state index in [4.69, 9.17) is 0 Å². The highest BCUT2D eigenvalue weighted by molar-refractivity contribution is 7.14. The second-order valence-electron chi connectivity index (χ2n) is 4.93. The molecule has 8 nitrogen and oxygen atoms in total. The minimum Gasteiger partial charge on any atom is -0.328 e. The van der Waals surface area contributed by atoms with Gasteiger partial charge in [-0.15, -0.1) is 22.7 Å². The van der Waals surface area contributed by atoms with Gasteiger partial charge < -0.3 is 10.3 Å². The average Bonchev–Trinajstić information content (AvgIpc) is 3.25. The lowest BCUT2D eigenvalue weighted by Crippen LogP contribution is -2.14. The van der Waals surface area contributed by atoms with Crippen molar-refractivity contribution < 1.29 is 9.59 Å². The second kappa shape index (κ2) is 7.81. The van der Waals surface area contributed by atoms with Crippen LogP contribution in [0.15, 0.2) is 40.1 Å². The number of carbonyl (C=O) groups is 2. The molecule has 3 aromatic rings. The van der Waals surface area contributed by atoms with E-state index in [2.05, 4.69) is 25.6 Å². The highest BCUT2D eigenvalue weighted by Gasteiger charge is 2.11. The highest BCUT2D eigenvalue weighted by Crippen LogP contribution is 2.18. The summed E-state index contributed by atoms with van der Waals surface area (Å²) < 4.78 is 0. The van der Waals surface area contributed by atoms with Gasteiger partial charge in [-0.3, -0.25) is 19.7 Å². The molecule has 0 fully saturated rings. The molecule has 3 N–H and O–H groups in total. The van der Waals surface area contributed by atoms with Gasteiger partial charge in [-0.2, -0.15) is 0 Å². The third-order valence-electron chi connectivity index (χ3n) is 3.11. The van der Waals surface area contributed by atoms with E-state index in [1.165, 1.54) is 41.0 Å². The number of pyridine rings is 1. The van der Waals surface area contributed by atoms with Crippen LogP contribution in [0.3, 0.4) is 0 Å². The molecule has 0 radical (unpaired) electrons. The van der Waals surface area contributed by atoms with Gasteiger partial charge in [0, 0.05) is 35.6 Å². The summed E-state index contributed by atoms with van der Waals surface area (Å²) in [6, 6.07) is 2.72. The molecule has 0 aliphatic heterocycles. The molecule has 0 aliphatic rings. The van der Waals surface area contributed by atoms with E-state index in [1.54, 1.807) is 17.0 Å². The Bertz CT molecular complexity index is 912. The zero-order chi connectivity index (χ0) is 17.6. The van der Waals surface area contributed by atoms with E-state index in [9.17, 15) is 14.4 Å². The first-order valence-corrected chi connectivity index (χ1v) is 9.00. The standard InChI is InChI=1S/C15H13N5O3S2/c21-11-3-1-9(7-17-11)13(23)20-15-18-10(8-25-15)2-4-12(22)19-14-16-5-6-24-14/h1,3,5-8H,2,4H2,(H,17,21)(H,16,19,22)(H,18,20,23). The van der Waals surface area contributed by atoms with Crippen LogP contribution in [0.4, 0.5) is 10.3 Å². The topological polar surface area (TPSA) is 117 Å². The fourth-order valence-corrected chi connectivity index (χ4v) is 3.19. The van der Waals surface area contributed by atoms with E-state index in [0.29, 0.717) is 22.2 Å². The number of rotatable bonds is 6. The molecular weight excluding hydrogens is 362 g/mol. The van der Waals surface area contributed by atoms with Crippen LogP contribution in [-0.4, -0.2) is 26.8 Å². The van der Waals surface area contributed by atoms with Gasteiger partial charge in [0.05, 0.1) is 11.3 Å². The Morgan fingerprint density at radius 1 is 1.16 bits per heavy atom. The van der Waals surface area contributed by atoms with Crippen molar-refractivity contribution in [1.82, 2.24) is 15.0 Å². The minimum absolute atomic E-state index is 0.137. The van der Waals surface area contributed by atoms with E-state index in [0.717, 1.165) is 5.69 Å². The summed E-state index contributed by atoms with van der Waals surface area (Å²) in [7, 11) is 0. The fourth-order valence-electron chi connectivity index (χ4n) is 1.91. The van der Waals surface area contributed by atoms with Crippen molar-refractivity contribution >= 4 is 44.8 Å². The predicted molar refractivity (Wildman–Crippen MR) is 96.2 cm³/mol. The Morgan fingerprint density at radius 3 is 2.76 bits per heavy atom. The third kappa shape index (κ3) is 4.81. The molecule has 3 rings (SSSR count). The van der Waals surface area contributed by atoms with Gasteiger partial charge in [0.15, 0.2) is 10.3 Å². The number of hydrogen-bond donors (Lipinski definition) is 3. The normalized spacial score (nSPS) is 10.4. The van der Waals surface area contributed by atoms with E-state index < -0.39 is 0 Å². The third-order valence-corrected chi connectivity index (χ3v) is 4.60. The molecule has 0 unspecified atom stereocenters. The number of thiazole rings is 2. The van der Waals surface area contributed by atoms with Gasteiger partial charge in [0.2, 0.25) is 11.5 Å². The summed E-state index contributed by atoms with van der Waals surface area (Å²) in [5.74, 6) is -0.500.